The summed E-state index contributed by atoms with van der Waals surface area (Å²) >= 11 is 0. The Morgan fingerprint density at radius 3 is 2.00 bits per heavy atom. The average molecular weight is 318 g/mol. The van der Waals surface area contributed by atoms with Crippen LogP contribution in [0.2, 0.25) is 0 Å². The Bertz CT molecular complexity index is 431. The predicted molar refractivity (Wildman–Crippen MR) is 73.4 cm³/mol. The number of carbonyl (C=O) groups excluding carboxylic acids is 4. The summed E-state index contributed by atoms with van der Waals surface area (Å²) in [5.41, 5.74) is -2.45. The molecule has 8 nitrogen and oxygen atoms in total. The van der Waals surface area contributed by atoms with Crippen LogP contribution in [0, 0.1) is 5.92 Å². The van der Waals surface area contributed by atoms with Crippen LogP contribution in [-0.2, 0) is 33.4 Å². The van der Waals surface area contributed by atoms with E-state index in [4.69, 9.17) is 9.47 Å². The average Bonchev–Trinajstić information content (AvgIpc) is 2.38. The molecular weight excluding hydrogens is 296 g/mol. The van der Waals surface area contributed by atoms with Crippen LogP contribution in [0.3, 0.4) is 0 Å². The first-order chi connectivity index (χ1) is 10.2. The van der Waals surface area contributed by atoms with Gasteiger partial charge in [-0.15, -0.1) is 0 Å². The lowest BCUT2D eigenvalue weighted by Crippen LogP contribution is -2.52. The first-order valence-corrected chi connectivity index (χ1v) is 7.00. The molecule has 8 heteroatoms. The van der Waals surface area contributed by atoms with Crippen molar-refractivity contribution >= 4 is 23.9 Å². The van der Waals surface area contributed by atoms with Gasteiger partial charge in [-0.1, -0.05) is 6.92 Å². The number of esters is 4. The van der Waals surface area contributed by atoms with E-state index >= 15 is 0 Å². The highest BCUT2D eigenvalue weighted by molar-refractivity contribution is 5.94. The topological polar surface area (TPSA) is 116 Å². The van der Waals surface area contributed by atoms with Crippen LogP contribution >= 0.6 is 0 Å². The van der Waals surface area contributed by atoms with Crippen molar-refractivity contribution in [3.8, 4) is 0 Å². The molecule has 0 aromatic rings. The first kappa shape index (κ1) is 20.0. The predicted octanol–water partition coefficient (Wildman–Crippen LogP) is 0.350. The van der Waals surface area contributed by atoms with Gasteiger partial charge in [0.05, 0.1) is 25.6 Å². The molecule has 22 heavy (non-hydrogen) atoms. The second-order valence-corrected chi connectivity index (χ2v) is 4.50. The molecule has 0 aliphatic heterocycles. The Morgan fingerprint density at radius 2 is 1.59 bits per heavy atom. The van der Waals surface area contributed by atoms with E-state index in [1.54, 1.807) is 6.92 Å². The van der Waals surface area contributed by atoms with Gasteiger partial charge in [0.1, 0.15) is 0 Å². The van der Waals surface area contributed by atoms with E-state index in [2.05, 4.69) is 4.74 Å². The summed E-state index contributed by atoms with van der Waals surface area (Å²) in [6.45, 7) is 5.58. The number of aliphatic hydroxyl groups is 1. The molecule has 0 aromatic carbocycles. The van der Waals surface area contributed by atoms with Crippen molar-refractivity contribution in [2.24, 2.45) is 5.92 Å². The maximum Gasteiger partial charge on any atom is 0.339 e. The zero-order chi connectivity index (χ0) is 17.3. The Morgan fingerprint density at radius 1 is 1.05 bits per heavy atom. The van der Waals surface area contributed by atoms with Gasteiger partial charge in [0.15, 0.2) is 5.60 Å². The Hall–Kier alpha value is -1.96. The van der Waals surface area contributed by atoms with Crippen LogP contribution in [0.25, 0.3) is 0 Å². The molecule has 0 amide bonds. The van der Waals surface area contributed by atoms with E-state index in [0.29, 0.717) is 0 Å². The van der Waals surface area contributed by atoms with Crippen LogP contribution in [0.4, 0.5) is 0 Å². The van der Waals surface area contributed by atoms with Crippen molar-refractivity contribution in [1.82, 2.24) is 0 Å². The van der Waals surface area contributed by atoms with Gasteiger partial charge in [-0.25, -0.2) is 4.79 Å². The Kier molecular flexibility index (Phi) is 8.32. The molecule has 0 bridgehead atoms. The third kappa shape index (κ3) is 5.44. The largest absolute Gasteiger partial charge is 0.466 e. The van der Waals surface area contributed by atoms with Gasteiger partial charge < -0.3 is 19.3 Å². The molecule has 126 valence electrons. The number of hydrogen-bond donors (Lipinski definition) is 1. The summed E-state index contributed by atoms with van der Waals surface area (Å²) in [5, 5.41) is 10.6. The number of rotatable bonds is 8. The quantitative estimate of drug-likeness (QED) is 0.387. The molecule has 0 aliphatic carbocycles. The fourth-order valence-electron chi connectivity index (χ4n) is 1.94. The molecule has 0 heterocycles. The highest BCUT2D eigenvalue weighted by Gasteiger charge is 2.51. The highest BCUT2D eigenvalue weighted by Crippen LogP contribution is 2.28. The van der Waals surface area contributed by atoms with E-state index in [9.17, 15) is 24.3 Å². The minimum absolute atomic E-state index is 0.0408. The summed E-state index contributed by atoms with van der Waals surface area (Å²) in [4.78, 5) is 46.5. The monoisotopic (exact) mass is 318 g/mol. The van der Waals surface area contributed by atoms with Crippen molar-refractivity contribution in [3.63, 3.8) is 0 Å². The summed E-state index contributed by atoms with van der Waals surface area (Å²) < 4.78 is 13.9. The van der Waals surface area contributed by atoms with Crippen molar-refractivity contribution in [1.29, 1.82) is 0 Å². The molecular formula is C14H22O8. The molecule has 2 atom stereocenters. The molecule has 1 N–H and O–H groups in total. The molecule has 0 unspecified atom stereocenters. The highest BCUT2D eigenvalue weighted by atomic mass is 16.6. The first-order valence-electron chi connectivity index (χ1n) is 7.00. The molecule has 0 saturated heterocycles. The normalized spacial score (nSPS) is 14.4. The van der Waals surface area contributed by atoms with Crippen LogP contribution in [0.15, 0.2) is 0 Å². The molecule has 0 aliphatic rings. The van der Waals surface area contributed by atoms with Gasteiger partial charge in [-0.2, -0.15) is 0 Å². The van der Waals surface area contributed by atoms with Gasteiger partial charge in [0.2, 0.25) is 0 Å². The van der Waals surface area contributed by atoms with Gasteiger partial charge in [-0.05, 0) is 20.3 Å². The lowest BCUT2D eigenvalue weighted by Gasteiger charge is -2.30. The van der Waals surface area contributed by atoms with Gasteiger partial charge >= 0.3 is 23.9 Å². The fraction of sp³-hybridized carbons (Fsp3) is 0.714. The number of hydrogen-bond acceptors (Lipinski definition) is 8. The third-order valence-electron chi connectivity index (χ3n) is 2.86. The summed E-state index contributed by atoms with van der Waals surface area (Å²) in [6, 6.07) is 0. The second kappa shape index (κ2) is 9.14. The summed E-state index contributed by atoms with van der Waals surface area (Å²) in [7, 11) is 0. The minimum atomic E-state index is -2.45. The fourth-order valence-corrected chi connectivity index (χ4v) is 1.94. The molecule has 0 radical (unpaired) electrons. The second-order valence-electron chi connectivity index (χ2n) is 4.50. The molecule has 0 spiro atoms. The van der Waals surface area contributed by atoms with E-state index in [-0.39, 0.29) is 19.6 Å². The van der Waals surface area contributed by atoms with Crippen molar-refractivity contribution in [3.05, 3.63) is 0 Å². The lowest BCUT2D eigenvalue weighted by atomic mass is 9.82. The summed E-state index contributed by atoms with van der Waals surface area (Å²) in [5.74, 6) is -5.43. The van der Waals surface area contributed by atoms with Crippen molar-refractivity contribution in [2.75, 3.05) is 13.2 Å². The maximum atomic E-state index is 12.0. The zero-order valence-corrected chi connectivity index (χ0v) is 13.2. The SMILES string of the molecule is CCOC(=O)C[C@@](O)(C(=O)OCC)[C@@H](CC)C(=O)OC(C)=O. The van der Waals surface area contributed by atoms with E-state index in [1.165, 1.54) is 13.8 Å². The van der Waals surface area contributed by atoms with Gasteiger partial charge in [0.25, 0.3) is 0 Å². The van der Waals surface area contributed by atoms with Crippen LogP contribution in [0.5, 0.6) is 0 Å². The molecule has 0 saturated carbocycles. The van der Waals surface area contributed by atoms with E-state index in [0.717, 1.165) is 6.92 Å². The summed E-state index contributed by atoms with van der Waals surface area (Å²) in [6.07, 6.45) is -0.813. The van der Waals surface area contributed by atoms with E-state index in [1.807, 2.05) is 0 Å². The molecule has 0 rings (SSSR count). The van der Waals surface area contributed by atoms with Crippen LogP contribution in [-0.4, -0.2) is 47.8 Å². The lowest BCUT2D eigenvalue weighted by molar-refractivity contribution is -0.187. The minimum Gasteiger partial charge on any atom is -0.466 e. The molecule has 0 fully saturated rings. The van der Waals surface area contributed by atoms with Crippen LogP contribution < -0.4 is 0 Å². The third-order valence-corrected chi connectivity index (χ3v) is 2.86. The number of ether oxygens (including phenoxy) is 3. The Balaban J connectivity index is 5.49. The van der Waals surface area contributed by atoms with Crippen LogP contribution in [0.1, 0.15) is 40.5 Å². The smallest absolute Gasteiger partial charge is 0.339 e. The van der Waals surface area contributed by atoms with E-state index < -0.39 is 41.8 Å². The van der Waals surface area contributed by atoms with Crippen molar-refractivity contribution < 1.29 is 38.5 Å². The maximum absolute atomic E-state index is 12.0. The van der Waals surface area contributed by atoms with Crippen molar-refractivity contribution in [2.45, 2.75) is 46.1 Å². The molecule has 0 aromatic heterocycles. The standard InChI is InChI=1S/C14H22O8/c1-5-10(12(17)22-9(4)15)14(19,13(18)21-7-3)8-11(16)20-6-2/h10,19H,5-8H2,1-4H3/t10-,14-/m0/s1. The Labute approximate surface area is 128 Å². The number of carbonyl (C=O) groups is 4. The zero-order valence-electron chi connectivity index (χ0n) is 13.2. The van der Waals surface area contributed by atoms with Gasteiger partial charge in [-0.3, -0.25) is 14.4 Å². The van der Waals surface area contributed by atoms with Gasteiger partial charge in [0, 0.05) is 6.92 Å².